The Morgan fingerprint density at radius 3 is 2.50 bits per heavy atom. The molecule has 1 aliphatic rings. The standard InChI is InChI=1S/C13H14BrF2NO/c1-8-6-10(12(16)7-11(8)15)13(18)17-4-2-9(14)3-5-17/h6-7,9H,2-5H2,1H3. The zero-order valence-electron chi connectivity index (χ0n) is 10.0. The summed E-state index contributed by atoms with van der Waals surface area (Å²) in [7, 11) is 0. The maximum absolute atomic E-state index is 13.6. The summed E-state index contributed by atoms with van der Waals surface area (Å²) in [5.74, 6) is -1.76. The molecular formula is C13H14BrF2NO. The van der Waals surface area contributed by atoms with Gasteiger partial charge in [0.15, 0.2) is 0 Å². The third-order valence-corrected chi connectivity index (χ3v) is 4.11. The normalized spacial score (nSPS) is 17.0. The Balaban J connectivity index is 2.21. The van der Waals surface area contributed by atoms with Crippen molar-refractivity contribution in [1.82, 2.24) is 4.90 Å². The molecule has 18 heavy (non-hydrogen) atoms. The first-order valence-corrected chi connectivity index (χ1v) is 6.79. The summed E-state index contributed by atoms with van der Waals surface area (Å²) < 4.78 is 26.8. The van der Waals surface area contributed by atoms with Crippen LogP contribution in [0.2, 0.25) is 0 Å². The van der Waals surface area contributed by atoms with Crippen molar-refractivity contribution in [2.45, 2.75) is 24.6 Å². The highest BCUT2D eigenvalue weighted by atomic mass is 79.9. The van der Waals surface area contributed by atoms with Crippen LogP contribution in [0.4, 0.5) is 8.78 Å². The van der Waals surface area contributed by atoms with Crippen LogP contribution in [-0.4, -0.2) is 28.7 Å². The molecule has 1 aliphatic heterocycles. The number of alkyl halides is 1. The van der Waals surface area contributed by atoms with Gasteiger partial charge in [0.2, 0.25) is 0 Å². The Hall–Kier alpha value is -0.970. The van der Waals surface area contributed by atoms with Crippen LogP contribution in [0.5, 0.6) is 0 Å². The van der Waals surface area contributed by atoms with Crippen LogP contribution >= 0.6 is 15.9 Å². The molecular weight excluding hydrogens is 304 g/mol. The fraction of sp³-hybridized carbons (Fsp3) is 0.462. The minimum Gasteiger partial charge on any atom is -0.338 e. The highest BCUT2D eigenvalue weighted by Crippen LogP contribution is 2.21. The molecule has 0 atom stereocenters. The van der Waals surface area contributed by atoms with E-state index in [4.69, 9.17) is 0 Å². The number of likely N-dealkylation sites (tertiary alicyclic amines) is 1. The molecule has 0 radical (unpaired) electrons. The molecule has 2 nitrogen and oxygen atoms in total. The summed E-state index contributed by atoms with van der Waals surface area (Å²) in [5.41, 5.74) is 0.247. The molecule has 1 fully saturated rings. The summed E-state index contributed by atoms with van der Waals surface area (Å²) in [4.78, 5) is 14.2. The van der Waals surface area contributed by atoms with Crippen LogP contribution in [0.25, 0.3) is 0 Å². The number of hydrogen-bond acceptors (Lipinski definition) is 1. The lowest BCUT2D eigenvalue weighted by molar-refractivity contribution is 0.0723. The average Bonchev–Trinajstić information content (AvgIpc) is 2.34. The van der Waals surface area contributed by atoms with Gasteiger partial charge in [0, 0.05) is 24.0 Å². The SMILES string of the molecule is Cc1cc(C(=O)N2CCC(Br)CC2)c(F)cc1F. The molecule has 0 spiro atoms. The number of carbonyl (C=O) groups is 1. The van der Waals surface area contributed by atoms with Crippen molar-refractivity contribution in [2.24, 2.45) is 0 Å². The Morgan fingerprint density at radius 2 is 1.89 bits per heavy atom. The highest BCUT2D eigenvalue weighted by molar-refractivity contribution is 9.09. The summed E-state index contributed by atoms with van der Waals surface area (Å²) in [6.45, 7) is 2.73. The monoisotopic (exact) mass is 317 g/mol. The number of halogens is 3. The van der Waals surface area contributed by atoms with Crippen LogP contribution in [0.15, 0.2) is 12.1 Å². The van der Waals surface area contributed by atoms with Crippen molar-refractivity contribution < 1.29 is 13.6 Å². The Kier molecular flexibility index (Phi) is 4.00. The number of benzene rings is 1. The lowest BCUT2D eigenvalue weighted by Crippen LogP contribution is -2.39. The van der Waals surface area contributed by atoms with E-state index in [0.717, 1.165) is 18.9 Å². The first-order valence-electron chi connectivity index (χ1n) is 5.88. The molecule has 1 amide bonds. The molecule has 0 aliphatic carbocycles. The van der Waals surface area contributed by atoms with Crippen molar-refractivity contribution in [2.75, 3.05) is 13.1 Å². The van der Waals surface area contributed by atoms with Gasteiger partial charge in [0.1, 0.15) is 11.6 Å². The van der Waals surface area contributed by atoms with E-state index >= 15 is 0 Å². The Morgan fingerprint density at radius 1 is 1.28 bits per heavy atom. The third kappa shape index (κ3) is 2.71. The average molecular weight is 318 g/mol. The molecule has 0 unspecified atom stereocenters. The number of hydrogen-bond donors (Lipinski definition) is 0. The van der Waals surface area contributed by atoms with E-state index < -0.39 is 11.6 Å². The smallest absolute Gasteiger partial charge is 0.256 e. The second-order valence-corrected chi connectivity index (χ2v) is 5.84. The van der Waals surface area contributed by atoms with Crippen molar-refractivity contribution in [3.63, 3.8) is 0 Å². The predicted octanol–water partition coefficient (Wildman–Crippen LogP) is 3.27. The molecule has 98 valence electrons. The van der Waals surface area contributed by atoms with Crippen LogP contribution < -0.4 is 0 Å². The number of carbonyl (C=O) groups excluding carboxylic acids is 1. The lowest BCUT2D eigenvalue weighted by Gasteiger charge is -2.29. The topological polar surface area (TPSA) is 20.3 Å². The van der Waals surface area contributed by atoms with Crippen molar-refractivity contribution in [3.8, 4) is 0 Å². The fourth-order valence-corrected chi connectivity index (χ4v) is 2.45. The van der Waals surface area contributed by atoms with Crippen molar-refractivity contribution in [1.29, 1.82) is 0 Å². The summed E-state index contributed by atoms with van der Waals surface area (Å²) in [6, 6.07) is 2.06. The first-order chi connectivity index (χ1) is 8.49. The number of aryl methyl sites for hydroxylation is 1. The number of piperidine rings is 1. The van der Waals surface area contributed by atoms with Crippen molar-refractivity contribution >= 4 is 21.8 Å². The number of rotatable bonds is 1. The van der Waals surface area contributed by atoms with E-state index in [1.807, 2.05) is 0 Å². The molecule has 1 heterocycles. The van der Waals surface area contributed by atoms with Gasteiger partial charge in [0.05, 0.1) is 5.56 Å². The molecule has 1 aromatic rings. The quantitative estimate of drug-likeness (QED) is 0.728. The summed E-state index contributed by atoms with van der Waals surface area (Å²) >= 11 is 3.50. The van der Waals surface area contributed by atoms with Gasteiger partial charge in [-0.3, -0.25) is 4.79 Å². The Bertz CT molecular complexity index is 470. The summed E-state index contributed by atoms with van der Waals surface area (Å²) in [6.07, 6.45) is 1.71. The predicted molar refractivity (Wildman–Crippen MR) is 68.9 cm³/mol. The molecule has 5 heteroatoms. The molecule has 1 saturated heterocycles. The lowest BCUT2D eigenvalue weighted by atomic mass is 10.1. The molecule has 0 saturated carbocycles. The Labute approximate surface area is 113 Å². The van der Waals surface area contributed by atoms with E-state index in [1.165, 1.54) is 13.0 Å². The van der Waals surface area contributed by atoms with E-state index in [1.54, 1.807) is 4.90 Å². The van der Waals surface area contributed by atoms with Gasteiger partial charge in [-0.15, -0.1) is 0 Å². The zero-order chi connectivity index (χ0) is 13.3. The van der Waals surface area contributed by atoms with Crippen LogP contribution in [0, 0.1) is 18.6 Å². The third-order valence-electron chi connectivity index (χ3n) is 3.19. The second kappa shape index (κ2) is 5.34. The largest absolute Gasteiger partial charge is 0.338 e. The maximum atomic E-state index is 13.6. The molecule has 0 N–H and O–H groups in total. The van der Waals surface area contributed by atoms with E-state index in [2.05, 4.69) is 15.9 Å². The van der Waals surface area contributed by atoms with Gasteiger partial charge >= 0.3 is 0 Å². The van der Waals surface area contributed by atoms with Gasteiger partial charge < -0.3 is 4.90 Å². The van der Waals surface area contributed by atoms with Gasteiger partial charge in [-0.05, 0) is 31.4 Å². The first kappa shape index (κ1) is 13.5. The molecule has 1 aromatic carbocycles. The van der Waals surface area contributed by atoms with Gasteiger partial charge in [0.25, 0.3) is 5.91 Å². The van der Waals surface area contributed by atoms with Crippen molar-refractivity contribution in [3.05, 3.63) is 34.9 Å². The molecule has 2 rings (SSSR count). The minimum atomic E-state index is -0.788. The van der Waals surface area contributed by atoms with Gasteiger partial charge in [-0.2, -0.15) is 0 Å². The van der Waals surface area contributed by atoms with E-state index in [0.29, 0.717) is 17.9 Å². The number of amides is 1. The van der Waals surface area contributed by atoms with E-state index in [9.17, 15) is 13.6 Å². The molecule has 0 aromatic heterocycles. The minimum absolute atomic E-state index is 0.0399. The zero-order valence-corrected chi connectivity index (χ0v) is 11.6. The van der Waals surface area contributed by atoms with Crippen LogP contribution in [0.3, 0.4) is 0 Å². The fourth-order valence-electron chi connectivity index (χ4n) is 2.04. The van der Waals surface area contributed by atoms with Gasteiger partial charge in [-0.25, -0.2) is 8.78 Å². The van der Waals surface area contributed by atoms with Crippen LogP contribution in [-0.2, 0) is 0 Å². The van der Waals surface area contributed by atoms with E-state index in [-0.39, 0.29) is 17.0 Å². The summed E-state index contributed by atoms with van der Waals surface area (Å²) in [5, 5.41) is 0. The molecule has 0 bridgehead atoms. The maximum Gasteiger partial charge on any atom is 0.256 e. The number of nitrogens with zero attached hydrogens (tertiary/aromatic N) is 1. The van der Waals surface area contributed by atoms with Gasteiger partial charge in [-0.1, -0.05) is 15.9 Å². The second-order valence-electron chi connectivity index (χ2n) is 4.55. The highest BCUT2D eigenvalue weighted by Gasteiger charge is 2.24. The van der Waals surface area contributed by atoms with Crippen LogP contribution in [0.1, 0.15) is 28.8 Å².